The number of nitrogens with zero attached hydrogens (tertiary/aromatic N) is 5. The first-order chi connectivity index (χ1) is 17.7. The first kappa shape index (κ1) is 24.5. The SMILES string of the molecule is Cc1nc(C)c(C(=O)N2CCN(C(=O)COc3cccc4c(C5CCC(=O)NC5=O)nn(C)c34)CC2)o1. The topological polar surface area (TPSA) is 140 Å². The van der Waals surface area contributed by atoms with Crippen LogP contribution in [0.5, 0.6) is 5.75 Å². The van der Waals surface area contributed by atoms with E-state index in [0.717, 1.165) is 5.39 Å². The van der Waals surface area contributed by atoms with Crippen LogP contribution in [-0.4, -0.2) is 81.0 Å². The molecule has 0 saturated carbocycles. The largest absolute Gasteiger partial charge is 0.481 e. The smallest absolute Gasteiger partial charge is 0.291 e. The second kappa shape index (κ2) is 9.68. The number of amides is 4. The molecule has 0 radical (unpaired) electrons. The molecule has 3 aromatic rings. The highest BCUT2D eigenvalue weighted by Gasteiger charge is 2.32. The van der Waals surface area contributed by atoms with Crippen LogP contribution in [0.2, 0.25) is 0 Å². The van der Waals surface area contributed by atoms with Crippen molar-refractivity contribution in [3.8, 4) is 5.75 Å². The lowest BCUT2D eigenvalue weighted by molar-refractivity contribution is -0.135. The maximum Gasteiger partial charge on any atom is 0.291 e. The molecule has 2 saturated heterocycles. The number of fused-ring (bicyclic) bond motifs is 1. The van der Waals surface area contributed by atoms with Crippen LogP contribution in [0.25, 0.3) is 10.9 Å². The van der Waals surface area contributed by atoms with E-state index in [9.17, 15) is 19.2 Å². The number of aryl methyl sites for hydroxylation is 3. The molecule has 12 nitrogen and oxygen atoms in total. The summed E-state index contributed by atoms with van der Waals surface area (Å²) in [5, 5.41) is 7.66. The standard InChI is InChI=1S/C25H28N6O6/c1-14-23(37-15(2)26-14)25(35)31-11-9-30(10-12-31)20(33)13-36-18-6-4-5-16-21(28-29(3)22(16)18)17-7-8-19(32)27-24(17)34/h4-6,17H,7-13H2,1-3H3,(H,27,32,34). The molecule has 0 aliphatic carbocycles. The molecule has 12 heteroatoms. The third-order valence-corrected chi connectivity index (χ3v) is 6.79. The number of oxazole rings is 1. The van der Waals surface area contributed by atoms with Gasteiger partial charge < -0.3 is 19.0 Å². The van der Waals surface area contributed by atoms with Crippen LogP contribution in [-0.2, 0) is 21.4 Å². The van der Waals surface area contributed by atoms with Crippen LogP contribution in [0.1, 0.15) is 46.6 Å². The van der Waals surface area contributed by atoms with Crippen molar-refractivity contribution in [2.24, 2.45) is 7.05 Å². The predicted molar refractivity (Wildman–Crippen MR) is 130 cm³/mol. The lowest BCUT2D eigenvalue weighted by Crippen LogP contribution is -2.51. The molecule has 4 amide bonds. The van der Waals surface area contributed by atoms with Gasteiger partial charge in [-0.15, -0.1) is 0 Å². The second-order valence-electron chi connectivity index (χ2n) is 9.27. The van der Waals surface area contributed by atoms with Gasteiger partial charge in [0.2, 0.25) is 17.6 Å². The normalized spacial score (nSPS) is 18.3. The minimum atomic E-state index is -0.526. The van der Waals surface area contributed by atoms with Crippen molar-refractivity contribution in [2.45, 2.75) is 32.6 Å². The lowest BCUT2D eigenvalue weighted by Gasteiger charge is -2.34. The number of piperidine rings is 1. The van der Waals surface area contributed by atoms with E-state index >= 15 is 0 Å². The van der Waals surface area contributed by atoms with Crippen LogP contribution >= 0.6 is 0 Å². The van der Waals surface area contributed by atoms with Gasteiger partial charge in [0.25, 0.3) is 11.8 Å². The van der Waals surface area contributed by atoms with Crippen LogP contribution in [0.15, 0.2) is 22.6 Å². The molecular formula is C25H28N6O6. The summed E-state index contributed by atoms with van der Waals surface area (Å²) in [6, 6.07) is 5.39. The van der Waals surface area contributed by atoms with Crippen molar-refractivity contribution in [3.63, 3.8) is 0 Å². The van der Waals surface area contributed by atoms with Gasteiger partial charge in [0.05, 0.1) is 17.3 Å². The fourth-order valence-corrected chi connectivity index (χ4v) is 4.92. The van der Waals surface area contributed by atoms with Gasteiger partial charge in [-0.3, -0.25) is 29.2 Å². The number of nitrogens with one attached hydrogen (secondary N) is 1. The van der Waals surface area contributed by atoms with E-state index in [1.165, 1.54) is 0 Å². The van der Waals surface area contributed by atoms with Gasteiger partial charge in [-0.1, -0.05) is 12.1 Å². The number of rotatable bonds is 5. The maximum absolute atomic E-state index is 12.9. The van der Waals surface area contributed by atoms with Crippen molar-refractivity contribution in [3.05, 3.63) is 41.2 Å². The third kappa shape index (κ3) is 4.66. The Bertz CT molecular complexity index is 1400. The number of aromatic nitrogens is 3. The minimum absolute atomic E-state index is 0.174. The van der Waals surface area contributed by atoms with Crippen LogP contribution in [0, 0.1) is 13.8 Å². The van der Waals surface area contributed by atoms with Crippen molar-refractivity contribution in [1.82, 2.24) is 29.9 Å². The highest BCUT2D eigenvalue weighted by molar-refractivity contribution is 6.03. The fraction of sp³-hybridized carbons (Fsp3) is 0.440. The minimum Gasteiger partial charge on any atom is -0.481 e. The number of carbonyl (C=O) groups is 4. The third-order valence-electron chi connectivity index (χ3n) is 6.79. The predicted octanol–water partition coefficient (Wildman–Crippen LogP) is 1.06. The van der Waals surface area contributed by atoms with E-state index in [1.807, 2.05) is 6.07 Å². The van der Waals surface area contributed by atoms with E-state index in [1.54, 1.807) is 47.5 Å². The van der Waals surface area contributed by atoms with Crippen molar-refractivity contribution >= 4 is 34.5 Å². The summed E-state index contributed by atoms with van der Waals surface area (Å²) >= 11 is 0. The number of piperazine rings is 1. The van der Waals surface area contributed by atoms with Crippen LogP contribution in [0.4, 0.5) is 0 Å². The summed E-state index contributed by atoms with van der Waals surface area (Å²) in [5.41, 5.74) is 1.81. The number of hydrogen-bond acceptors (Lipinski definition) is 8. The Morgan fingerprint density at radius 2 is 1.86 bits per heavy atom. The van der Waals surface area contributed by atoms with Gasteiger partial charge in [-0.2, -0.15) is 5.10 Å². The number of para-hydroxylation sites is 1. The molecule has 1 aromatic carbocycles. The van der Waals surface area contributed by atoms with Crippen molar-refractivity contribution in [1.29, 1.82) is 0 Å². The van der Waals surface area contributed by atoms with Crippen molar-refractivity contribution < 1.29 is 28.3 Å². The molecule has 2 aliphatic rings. The maximum atomic E-state index is 12.9. The molecule has 2 fully saturated rings. The van der Waals surface area contributed by atoms with Gasteiger partial charge in [-0.25, -0.2) is 4.98 Å². The summed E-state index contributed by atoms with van der Waals surface area (Å²) in [4.78, 5) is 57.0. The number of hydrogen-bond donors (Lipinski definition) is 1. The van der Waals surface area contributed by atoms with Crippen LogP contribution in [0.3, 0.4) is 0 Å². The van der Waals surface area contributed by atoms with E-state index < -0.39 is 5.92 Å². The van der Waals surface area contributed by atoms with Gasteiger partial charge in [-0.05, 0) is 19.4 Å². The summed E-state index contributed by atoms with van der Waals surface area (Å²) in [5.74, 6) is -0.423. The summed E-state index contributed by atoms with van der Waals surface area (Å²) in [6.45, 7) is 4.80. The summed E-state index contributed by atoms with van der Waals surface area (Å²) in [6.07, 6.45) is 0.653. The molecule has 1 unspecified atom stereocenters. The molecule has 0 spiro atoms. The summed E-state index contributed by atoms with van der Waals surface area (Å²) < 4.78 is 13.0. The molecule has 5 rings (SSSR count). The van der Waals surface area contributed by atoms with Crippen LogP contribution < -0.4 is 10.1 Å². The number of benzene rings is 1. The highest BCUT2D eigenvalue weighted by atomic mass is 16.5. The highest BCUT2D eigenvalue weighted by Crippen LogP contribution is 2.34. The zero-order valence-electron chi connectivity index (χ0n) is 20.9. The molecule has 1 atom stereocenters. The lowest BCUT2D eigenvalue weighted by atomic mass is 9.93. The molecule has 2 aliphatic heterocycles. The fourth-order valence-electron chi connectivity index (χ4n) is 4.92. The van der Waals surface area contributed by atoms with Gasteiger partial charge in [0.1, 0.15) is 11.3 Å². The zero-order chi connectivity index (χ0) is 26.3. The Kier molecular flexibility index (Phi) is 6.40. The number of imide groups is 1. The van der Waals surface area contributed by atoms with E-state index in [-0.39, 0.29) is 42.4 Å². The van der Waals surface area contributed by atoms with Crippen molar-refractivity contribution in [2.75, 3.05) is 32.8 Å². The first-order valence-corrected chi connectivity index (χ1v) is 12.2. The quantitative estimate of drug-likeness (QED) is 0.505. The second-order valence-corrected chi connectivity index (χ2v) is 9.27. The van der Waals surface area contributed by atoms with E-state index in [2.05, 4.69) is 15.4 Å². The number of carbonyl (C=O) groups excluding carboxylic acids is 4. The molecule has 4 heterocycles. The molecule has 194 valence electrons. The van der Waals surface area contributed by atoms with E-state index in [4.69, 9.17) is 9.15 Å². The van der Waals surface area contributed by atoms with Gasteiger partial charge >= 0.3 is 0 Å². The first-order valence-electron chi connectivity index (χ1n) is 12.2. The number of ether oxygens (including phenoxy) is 1. The molecular weight excluding hydrogens is 480 g/mol. The average Bonchev–Trinajstić information content (AvgIpc) is 3.40. The average molecular weight is 509 g/mol. The molecule has 1 N–H and O–H groups in total. The van der Waals surface area contributed by atoms with E-state index in [0.29, 0.717) is 61.1 Å². The molecule has 0 bridgehead atoms. The monoisotopic (exact) mass is 508 g/mol. The Morgan fingerprint density at radius 3 is 2.54 bits per heavy atom. The Hall–Kier alpha value is -4.22. The zero-order valence-corrected chi connectivity index (χ0v) is 20.9. The Morgan fingerprint density at radius 1 is 1.14 bits per heavy atom. The van der Waals surface area contributed by atoms with Gasteiger partial charge in [0.15, 0.2) is 12.5 Å². The van der Waals surface area contributed by atoms with Gasteiger partial charge in [0, 0.05) is 52.0 Å². The Labute approximate surface area is 212 Å². The Balaban J connectivity index is 1.23. The molecule has 2 aromatic heterocycles. The summed E-state index contributed by atoms with van der Waals surface area (Å²) in [7, 11) is 1.75. The molecule has 37 heavy (non-hydrogen) atoms.